The second-order valence-corrected chi connectivity index (χ2v) is 3.95. The molecule has 1 rings (SSSR count). The van der Waals surface area contributed by atoms with E-state index in [-0.39, 0.29) is 0 Å². The summed E-state index contributed by atoms with van der Waals surface area (Å²) in [6.07, 6.45) is 1.76. The van der Waals surface area contributed by atoms with Crippen LogP contribution in [0.2, 0.25) is 0 Å². The maximum absolute atomic E-state index is 5.05. The third-order valence-corrected chi connectivity index (χ3v) is 2.28. The first-order valence-corrected chi connectivity index (χ1v) is 5.34. The molecule has 0 aliphatic rings. The number of benzene rings is 1. The lowest BCUT2D eigenvalue weighted by atomic mass is 10.3. The molecule has 0 radical (unpaired) electrons. The Morgan fingerprint density at radius 3 is 2.64 bits per heavy atom. The molecule has 0 aliphatic heterocycles. The highest BCUT2D eigenvalue weighted by atomic mass is 79.9. The van der Waals surface area contributed by atoms with E-state index in [1.54, 1.807) is 6.08 Å². The van der Waals surface area contributed by atoms with E-state index < -0.39 is 0 Å². The maximum atomic E-state index is 5.05. The van der Waals surface area contributed by atoms with Crippen LogP contribution in [0, 0.1) is 0 Å². The number of halogens is 1. The number of thiocarbonyl (C=S) groups is 1. The average Bonchev–Trinajstić information content (AvgIpc) is 2.18. The summed E-state index contributed by atoms with van der Waals surface area (Å²) in [6.45, 7) is 4.26. The van der Waals surface area contributed by atoms with Crippen molar-refractivity contribution in [2.75, 3.05) is 11.9 Å². The van der Waals surface area contributed by atoms with Gasteiger partial charge in [-0.2, -0.15) is 0 Å². The Kier molecular flexibility index (Phi) is 4.62. The van der Waals surface area contributed by atoms with Gasteiger partial charge in [0, 0.05) is 16.7 Å². The topological polar surface area (TPSA) is 24.1 Å². The molecule has 2 N–H and O–H groups in total. The first kappa shape index (κ1) is 11.2. The minimum atomic E-state index is 0.604. The lowest BCUT2D eigenvalue weighted by Gasteiger charge is -2.08. The molecule has 0 unspecified atom stereocenters. The van der Waals surface area contributed by atoms with Crippen molar-refractivity contribution in [2.45, 2.75) is 0 Å². The highest BCUT2D eigenvalue weighted by Gasteiger charge is 1.94. The van der Waals surface area contributed by atoms with Gasteiger partial charge in [-0.05, 0) is 36.5 Å². The standard InChI is InChI=1S/C10H11BrN2S/c1-2-7-12-10(14)13-9-5-3-8(11)4-6-9/h2-6H,1,7H2,(H2,12,13,14). The Bertz CT molecular complexity index is 321. The van der Waals surface area contributed by atoms with Gasteiger partial charge in [0.15, 0.2) is 5.11 Å². The summed E-state index contributed by atoms with van der Waals surface area (Å²) in [5.74, 6) is 0. The molecule has 0 heterocycles. The summed E-state index contributed by atoms with van der Waals surface area (Å²) in [7, 11) is 0. The van der Waals surface area contributed by atoms with Gasteiger partial charge in [-0.15, -0.1) is 6.58 Å². The van der Waals surface area contributed by atoms with E-state index in [2.05, 4.69) is 33.1 Å². The normalized spacial score (nSPS) is 9.21. The summed E-state index contributed by atoms with van der Waals surface area (Å²) in [5, 5.41) is 6.65. The van der Waals surface area contributed by atoms with Crippen molar-refractivity contribution in [3.05, 3.63) is 41.4 Å². The Hall–Kier alpha value is -0.870. The Morgan fingerprint density at radius 2 is 2.07 bits per heavy atom. The Balaban J connectivity index is 2.47. The van der Waals surface area contributed by atoms with Crippen LogP contribution in [0.4, 0.5) is 5.69 Å². The summed E-state index contributed by atoms with van der Waals surface area (Å²) in [5.41, 5.74) is 0.967. The molecule has 0 aromatic heterocycles. The highest BCUT2D eigenvalue weighted by molar-refractivity contribution is 9.10. The van der Waals surface area contributed by atoms with Gasteiger partial charge in [0.2, 0.25) is 0 Å². The third-order valence-electron chi connectivity index (χ3n) is 1.51. The van der Waals surface area contributed by atoms with E-state index in [0.29, 0.717) is 11.7 Å². The van der Waals surface area contributed by atoms with Gasteiger partial charge in [-0.25, -0.2) is 0 Å². The number of nitrogens with one attached hydrogen (secondary N) is 2. The molecule has 0 bridgehead atoms. The SMILES string of the molecule is C=CCNC(=S)Nc1ccc(Br)cc1. The molecule has 1 aromatic rings. The minimum Gasteiger partial charge on any atom is -0.359 e. The second-order valence-electron chi connectivity index (χ2n) is 2.63. The van der Waals surface area contributed by atoms with Gasteiger partial charge in [-0.3, -0.25) is 0 Å². The lowest BCUT2D eigenvalue weighted by molar-refractivity contribution is 1.06. The Labute approximate surface area is 97.5 Å². The monoisotopic (exact) mass is 270 g/mol. The zero-order valence-corrected chi connectivity index (χ0v) is 9.99. The summed E-state index contributed by atoms with van der Waals surface area (Å²) < 4.78 is 1.05. The fourth-order valence-corrected chi connectivity index (χ4v) is 1.34. The van der Waals surface area contributed by atoms with Crippen molar-refractivity contribution >= 4 is 38.9 Å². The van der Waals surface area contributed by atoms with E-state index in [9.17, 15) is 0 Å². The van der Waals surface area contributed by atoms with Crippen LogP contribution in [-0.4, -0.2) is 11.7 Å². The van der Waals surface area contributed by atoms with E-state index in [0.717, 1.165) is 10.2 Å². The number of hydrogen-bond donors (Lipinski definition) is 2. The molecule has 1 aromatic carbocycles. The fraction of sp³-hybridized carbons (Fsp3) is 0.100. The van der Waals surface area contributed by atoms with E-state index in [4.69, 9.17) is 12.2 Å². The van der Waals surface area contributed by atoms with Gasteiger partial charge in [-0.1, -0.05) is 22.0 Å². The third kappa shape index (κ3) is 3.89. The van der Waals surface area contributed by atoms with Crippen LogP contribution in [0.15, 0.2) is 41.4 Å². The quantitative estimate of drug-likeness (QED) is 0.653. The zero-order chi connectivity index (χ0) is 10.4. The van der Waals surface area contributed by atoms with E-state index >= 15 is 0 Å². The largest absolute Gasteiger partial charge is 0.359 e. The van der Waals surface area contributed by atoms with Crippen LogP contribution >= 0.6 is 28.1 Å². The van der Waals surface area contributed by atoms with Gasteiger partial charge in [0.1, 0.15) is 0 Å². The van der Waals surface area contributed by atoms with Crippen LogP contribution in [0.5, 0.6) is 0 Å². The number of rotatable bonds is 3. The van der Waals surface area contributed by atoms with Crippen LogP contribution in [0.1, 0.15) is 0 Å². The van der Waals surface area contributed by atoms with Gasteiger partial charge < -0.3 is 10.6 Å². The predicted molar refractivity (Wildman–Crippen MR) is 68.6 cm³/mol. The molecule has 0 saturated carbocycles. The summed E-state index contributed by atoms with van der Waals surface area (Å²) >= 11 is 8.42. The Morgan fingerprint density at radius 1 is 1.43 bits per heavy atom. The summed E-state index contributed by atoms with van der Waals surface area (Å²) in [4.78, 5) is 0. The second kappa shape index (κ2) is 5.78. The molecule has 14 heavy (non-hydrogen) atoms. The molecule has 74 valence electrons. The summed E-state index contributed by atoms with van der Waals surface area (Å²) in [6, 6.07) is 7.81. The van der Waals surface area contributed by atoms with Crippen molar-refractivity contribution < 1.29 is 0 Å². The van der Waals surface area contributed by atoms with Crippen molar-refractivity contribution in [3.63, 3.8) is 0 Å². The zero-order valence-electron chi connectivity index (χ0n) is 7.59. The average molecular weight is 271 g/mol. The number of hydrogen-bond acceptors (Lipinski definition) is 1. The van der Waals surface area contributed by atoms with Crippen LogP contribution in [0.25, 0.3) is 0 Å². The van der Waals surface area contributed by atoms with E-state index in [1.165, 1.54) is 0 Å². The highest BCUT2D eigenvalue weighted by Crippen LogP contribution is 2.13. The molecule has 4 heteroatoms. The molecule has 2 nitrogen and oxygen atoms in total. The fourth-order valence-electron chi connectivity index (χ4n) is 0.873. The predicted octanol–water partition coefficient (Wildman–Crippen LogP) is 2.92. The molecule has 0 aliphatic carbocycles. The smallest absolute Gasteiger partial charge is 0.171 e. The van der Waals surface area contributed by atoms with Gasteiger partial charge in [0.25, 0.3) is 0 Å². The minimum absolute atomic E-state index is 0.604. The molecular weight excluding hydrogens is 260 g/mol. The van der Waals surface area contributed by atoms with Crippen LogP contribution < -0.4 is 10.6 Å². The molecule has 0 amide bonds. The van der Waals surface area contributed by atoms with Crippen molar-refractivity contribution in [2.24, 2.45) is 0 Å². The first-order chi connectivity index (χ1) is 6.72. The first-order valence-electron chi connectivity index (χ1n) is 4.13. The molecule has 0 atom stereocenters. The van der Waals surface area contributed by atoms with Crippen molar-refractivity contribution in [3.8, 4) is 0 Å². The lowest BCUT2D eigenvalue weighted by Crippen LogP contribution is -2.28. The van der Waals surface area contributed by atoms with Gasteiger partial charge >= 0.3 is 0 Å². The molecule has 0 fully saturated rings. The van der Waals surface area contributed by atoms with Crippen molar-refractivity contribution in [1.29, 1.82) is 0 Å². The maximum Gasteiger partial charge on any atom is 0.171 e. The van der Waals surface area contributed by atoms with E-state index in [1.807, 2.05) is 24.3 Å². The molecular formula is C10H11BrN2S. The van der Waals surface area contributed by atoms with Crippen molar-refractivity contribution in [1.82, 2.24) is 5.32 Å². The van der Waals surface area contributed by atoms with Crippen LogP contribution in [-0.2, 0) is 0 Å². The molecule has 0 spiro atoms. The van der Waals surface area contributed by atoms with Gasteiger partial charge in [0.05, 0.1) is 0 Å². The van der Waals surface area contributed by atoms with Crippen LogP contribution in [0.3, 0.4) is 0 Å². The molecule has 0 saturated heterocycles. The number of anilines is 1.